The van der Waals surface area contributed by atoms with Crippen LogP contribution in [-0.2, 0) is 0 Å². The van der Waals surface area contributed by atoms with Crippen LogP contribution in [0.15, 0.2) is 54.9 Å². The smallest absolute Gasteiger partial charge is 0.170 e. The first-order chi connectivity index (χ1) is 13.1. The molecule has 0 aliphatic carbocycles. The maximum absolute atomic E-state index is 10.0. The molecule has 5 heteroatoms. The molecule has 2 aromatic carbocycles. The Hall–Kier alpha value is -2.79. The van der Waals surface area contributed by atoms with Crippen molar-refractivity contribution in [2.75, 3.05) is 20.8 Å². The SMILES string of the molecule is COc1cccc(-c2c(-c3ccccc3)ncn2[C@H](CO)C(C)C)c1OC. The van der Waals surface area contributed by atoms with Crippen molar-refractivity contribution in [1.29, 1.82) is 0 Å². The Bertz CT molecular complexity index is 888. The van der Waals surface area contributed by atoms with Crippen molar-refractivity contribution in [2.24, 2.45) is 5.92 Å². The predicted octanol–water partition coefficient (Wildman–Crippen LogP) is 4.42. The van der Waals surface area contributed by atoms with Crippen LogP contribution < -0.4 is 9.47 Å². The molecule has 0 amide bonds. The number of methoxy groups -OCH3 is 2. The van der Waals surface area contributed by atoms with Crippen molar-refractivity contribution in [1.82, 2.24) is 9.55 Å². The largest absolute Gasteiger partial charge is 0.493 e. The summed E-state index contributed by atoms with van der Waals surface area (Å²) in [5.41, 5.74) is 3.65. The van der Waals surface area contributed by atoms with Crippen molar-refractivity contribution >= 4 is 0 Å². The van der Waals surface area contributed by atoms with Gasteiger partial charge in [-0.05, 0) is 18.1 Å². The lowest BCUT2D eigenvalue weighted by atomic mass is 10.00. The van der Waals surface area contributed by atoms with Gasteiger partial charge >= 0.3 is 0 Å². The summed E-state index contributed by atoms with van der Waals surface area (Å²) in [7, 11) is 3.26. The summed E-state index contributed by atoms with van der Waals surface area (Å²) < 4.78 is 13.2. The summed E-state index contributed by atoms with van der Waals surface area (Å²) in [5, 5.41) is 10.0. The first kappa shape index (κ1) is 19.0. The molecule has 0 fully saturated rings. The van der Waals surface area contributed by atoms with Gasteiger partial charge in [-0.1, -0.05) is 50.2 Å². The lowest BCUT2D eigenvalue weighted by Gasteiger charge is -2.24. The molecule has 3 rings (SSSR count). The minimum Gasteiger partial charge on any atom is -0.493 e. The molecule has 1 atom stereocenters. The zero-order valence-corrected chi connectivity index (χ0v) is 16.2. The average Bonchev–Trinajstić information content (AvgIpc) is 3.12. The normalized spacial score (nSPS) is 12.2. The second-order valence-electron chi connectivity index (χ2n) is 6.75. The first-order valence-corrected chi connectivity index (χ1v) is 9.06. The number of aromatic nitrogens is 2. The Morgan fingerprint density at radius 2 is 1.74 bits per heavy atom. The van der Waals surface area contributed by atoms with Gasteiger partial charge in [-0.15, -0.1) is 0 Å². The van der Waals surface area contributed by atoms with Crippen molar-refractivity contribution in [2.45, 2.75) is 19.9 Å². The van der Waals surface area contributed by atoms with Gasteiger partial charge in [0.05, 0.1) is 44.6 Å². The summed E-state index contributed by atoms with van der Waals surface area (Å²) in [5.74, 6) is 1.55. The number of hydrogen-bond donors (Lipinski definition) is 1. The Labute approximate surface area is 160 Å². The van der Waals surface area contributed by atoms with Gasteiger partial charge in [-0.25, -0.2) is 4.98 Å². The van der Waals surface area contributed by atoms with E-state index in [4.69, 9.17) is 14.5 Å². The minimum atomic E-state index is -0.0964. The lowest BCUT2D eigenvalue weighted by molar-refractivity contribution is 0.194. The fourth-order valence-electron chi connectivity index (χ4n) is 3.38. The van der Waals surface area contributed by atoms with E-state index in [0.717, 1.165) is 22.5 Å². The standard InChI is InChI=1S/C22H26N2O3/c1-15(2)18(13-25)24-14-23-20(16-9-6-5-7-10-16)21(24)17-11-8-12-19(26-3)22(17)27-4/h5-12,14-15,18,25H,13H2,1-4H3/t18-/m1/s1. The van der Waals surface area contributed by atoms with E-state index in [9.17, 15) is 5.11 Å². The third-order valence-corrected chi connectivity index (χ3v) is 4.81. The average molecular weight is 366 g/mol. The van der Waals surface area contributed by atoms with E-state index >= 15 is 0 Å². The molecule has 0 saturated carbocycles. The number of rotatable bonds is 7. The van der Waals surface area contributed by atoms with Gasteiger partial charge in [0.15, 0.2) is 11.5 Å². The molecular weight excluding hydrogens is 340 g/mol. The highest BCUT2D eigenvalue weighted by Crippen LogP contribution is 2.43. The number of aliphatic hydroxyl groups is 1. The third-order valence-electron chi connectivity index (χ3n) is 4.81. The van der Waals surface area contributed by atoms with E-state index in [1.54, 1.807) is 20.5 Å². The van der Waals surface area contributed by atoms with Crippen LogP contribution in [0.4, 0.5) is 0 Å². The van der Waals surface area contributed by atoms with Crippen molar-refractivity contribution < 1.29 is 14.6 Å². The fourth-order valence-corrected chi connectivity index (χ4v) is 3.38. The molecule has 3 aromatic rings. The van der Waals surface area contributed by atoms with Gasteiger partial charge < -0.3 is 19.1 Å². The highest BCUT2D eigenvalue weighted by Gasteiger charge is 2.25. The maximum atomic E-state index is 10.0. The molecular formula is C22H26N2O3. The maximum Gasteiger partial charge on any atom is 0.170 e. The third kappa shape index (κ3) is 3.55. The molecule has 5 nitrogen and oxygen atoms in total. The quantitative estimate of drug-likeness (QED) is 0.672. The van der Waals surface area contributed by atoms with Gasteiger partial charge in [-0.2, -0.15) is 0 Å². The molecule has 0 aliphatic heterocycles. The van der Waals surface area contributed by atoms with Gasteiger partial charge in [0.1, 0.15) is 0 Å². The molecule has 0 unspecified atom stereocenters. The summed E-state index contributed by atoms with van der Waals surface area (Å²) >= 11 is 0. The number of aliphatic hydroxyl groups excluding tert-OH is 1. The van der Waals surface area contributed by atoms with Crippen LogP contribution in [0.5, 0.6) is 11.5 Å². The van der Waals surface area contributed by atoms with E-state index in [1.165, 1.54) is 0 Å². The molecule has 0 radical (unpaired) electrons. The first-order valence-electron chi connectivity index (χ1n) is 9.06. The molecule has 1 N–H and O–H groups in total. The molecule has 142 valence electrons. The second-order valence-corrected chi connectivity index (χ2v) is 6.75. The van der Waals surface area contributed by atoms with E-state index in [1.807, 2.05) is 53.1 Å². The number of ether oxygens (including phenoxy) is 2. The van der Waals surface area contributed by atoms with Crippen LogP contribution in [-0.4, -0.2) is 35.5 Å². The van der Waals surface area contributed by atoms with Crippen molar-refractivity contribution in [3.63, 3.8) is 0 Å². The van der Waals surface area contributed by atoms with Crippen LogP contribution in [0.3, 0.4) is 0 Å². The summed E-state index contributed by atoms with van der Waals surface area (Å²) in [6.07, 6.45) is 1.80. The highest BCUT2D eigenvalue weighted by molar-refractivity contribution is 5.83. The van der Waals surface area contributed by atoms with Crippen molar-refractivity contribution in [3.05, 3.63) is 54.9 Å². The van der Waals surface area contributed by atoms with Crippen LogP contribution in [0.2, 0.25) is 0 Å². The molecule has 0 aliphatic rings. The fraction of sp³-hybridized carbons (Fsp3) is 0.318. The molecule has 1 heterocycles. The Balaban J connectivity index is 2.31. The van der Waals surface area contributed by atoms with Crippen LogP contribution >= 0.6 is 0 Å². The molecule has 27 heavy (non-hydrogen) atoms. The minimum absolute atomic E-state index is 0.0293. The summed E-state index contributed by atoms with van der Waals surface area (Å²) in [4.78, 5) is 4.70. The molecule has 0 saturated heterocycles. The zero-order chi connectivity index (χ0) is 19.4. The van der Waals surface area contributed by atoms with Crippen LogP contribution in [0.1, 0.15) is 19.9 Å². The monoisotopic (exact) mass is 366 g/mol. The van der Waals surface area contributed by atoms with E-state index in [2.05, 4.69) is 13.8 Å². The van der Waals surface area contributed by atoms with Gasteiger partial charge in [0.2, 0.25) is 0 Å². The van der Waals surface area contributed by atoms with Crippen LogP contribution in [0, 0.1) is 5.92 Å². The highest BCUT2D eigenvalue weighted by atomic mass is 16.5. The van der Waals surface area contributed by atoms with E-state index < -0.39 is 0 Å². The summed E-state index contributed by atoms with van der Waals surface area (Å²) in [6, 6.07) is 15.7. The van der Waals surface area contributed by atoms with Gasteiger partial charge in [0, 0.05) is 11.1 Å². The number of imidazole rings is 1. The summed E-state index contributed by atoms with van der Waals surface area (Å²) in [6.45, 7) is 4.22. The van der Waals surface area contributed by atoms with Gasteiger partial charge in [-0.3, -0.25) is 0 Å². The number of para-hydroxylation sites is 1. The molecule has 1 aromatic heterocycles. The molecule has 0 spiro atoms. The topological polar surface area (TPSA) is 56.5 Å². The second kappa shape index (κ2) is 8.27. The predicted molar refractivity (Wildman–Crippen MR) is 107 cm³/mol. The van der Waals surface area contributed by atoms with Crippen molar-refractivity contribution in [3.8, 4) is 34.0 Å². The molecule has 0 bridgehead atoms. The van der Waals surface area contributed by atoms with Gasteiger partial charge in [0.25, 0.3) is 0 Å². The van der Waals surface area contributed by atoms with E-state index in [0.29, 0.717) is 11.5 Å². The number of hydrogen-bond acceptors (Lipinski definition) is 4. The zero-order valence-electron chi connectivity index (χ0n) is 16.2. The van der Waals surface area contributed by atoms with E-state index in [-0.39, 0.29) is 18.6 Å². The lowest BCUT2D eigenvalue weighted by Crippen LogP contribution is -2.19. The Morgan fingerprint density at radius 3 is 2.33 bits per heavy atom. The Morgan fingerprint density at radius 1 is 1.00 bits per heavy atom. The number of benzene rings is 2. The number of nitrogens with zero attached hydrogens (tertiary/aromatic N) is 2. The van der Waals surface area contributed by atoms with Crippen LogP contribution in [0.25, 0.3) is 22.5 Å². The Kier molecular flexibility index (Phi) is 5.81.